The van der Waals surface area contributed by atoms with Crippen LogP contribution in [0.25, 0.3) is 0 Å². The zero-order valence-electron chi connectivity index (χ0n) is 12.8. The number of alkyl halides is 2. The molecule has 2 amide bonds. The summed E-state index contributed by atoms with van der Waals surface area (Å²) < 4.78 is 33.7. The van der Waals surface area contributed by atoms with E-state index in [-0.39, 0.29) is 18.1 Å². The summed E-state index contributed by atoms with van der Waals surface area (Å²) in [6, 6.07) is 8.63. The Morgan fingerprint density at radius 1 is 1.25 bits per heavy atom. The molecule has 0 saturated heterocycles. The fourth-order valence-corrected chi connectivity index (χ4v) is 1.99. The zero-order valence-corrected chi connectivity index (χ0v) is 12.8. The van der Waals surface area contributed by atoms with E-state index >= 15 is 0 Å². The van der Waals surface area contributed by atoms with Gasteiger partial charge in [0, 0.05) is 0 Å². The van der Waals surface area contributed by atoms with Gasteiger partial charge in [0.2, 0.25) is 5.91 Å². The van der Waals surface area contributed by atoms with E-state index in [1.165, 1.54) is 24.5 Å². The second kappa shape index (κ2) is 8.09. The van der Waals surface area contributed by atoms with Crippen LogP contribution in [-0.2, 0) is 4.79 Å². The van der Waals surface area contributed by atoms with Crippen LogP contribution in [0.5, 0.6) is 5.75 Å². The molecular weight excluding hydrogens is 322 g/mol. The first-order valence-corrected chi connectivity index (χ1v) is 7.11. The van der Waals surface area contributed by atoms with Crippen LogP contribution >= 0.6 is 0 Å². The van der Waals surface area contributed by atoms with Gasteiger partial charge in [0.05, 0.1) is 18.8 Å². The summed E-state index contributed by atoms with van der Waals surface area (Å²) >= 11 is 0. The molecule has 1 heterocycles. The maximum Gasteiger partial charge on any atom is 0.387 e. The summed E-state index contributed by atoms with van der Waals surface area (Å²) in [7, 11) is 0. The van der Waals surface area contributed by atoms with Crippen LogP contribution in [-0.4, -0.2) is 25.0 Å². The molecule has 0 spiro atoms. The first kappa shape index (κ1) is 17.5. The van der Waals surface area contributed by atoms with Crippen molar-refractivity contribution in [3.63, 3.8) is 0 Å². The highest BCUT2D eigenvalue weighted by Crippen LogP contribution is 2.20. The fourth-order valence-electron chi connectivity index (χ4n) is 1.99. The first-order chi connectivity index (χ1) is 11.5. The predicted molar refractivity (Wildman–Crippen MR) is 80.7 cm³/mol. The van der Waals surface area contributed by atoms with E-state index in [0.717, 1.165) is 0 Å². The number of hydrogen-bond acceptors (Lipinski definition) is 4. The minimum atomic E-state index is -2.91. The minimum Gasteiger partial charge on any atom is -0.459 e. The third-order valence-corrected chi connectivity index (χ3v) is 3.12. The monoisotopic (exact) mass is 338 g/mol. The van der Waals surface area contributed by atoms with Crippen LogP contribution in [0.3, 0.4) is 0 Å². The molecule has 0 bridgehead atoms. The van der Waals surface area contributed by atoms with Crippen LogP contribution in [0.4, 0.5) is 8.78 Å². The van der Waals surface area contributed by atoms with Gasteiger partial charge in [-0.2, -0.15) is 8.78 Å². The van der Waals surface area contributed by atoms with Gasteiger partial charge in [-0.3, -0.25) is 9.59 Å². The van der Waals surface area contributed by atoms with Crippen LogP contribution in [0, 0.1) is 0 Å². The summed E-state index contributed by atoms with van der Waals surface area (Å²) in [6.45, 7) is -1.47. The van der Waals surface area contributed by atoms with E-state index in [1.807, 2.05) is 0 Å². The van der Waals surface area contributed by atoms with E-state index in [4.69, 9.17) is 4.42 Å². The number of rotatable bonds is 7. The van der Waals surface area contributed by atoms with Crippen molar-refractivity contribution >= 4 is 11.8 Å². The maximum absolute atomic E-state index is 12.2. The van der Waals surface area contributed by atoms with Crippen LogP contribution in [0.1, 0.15) is 29.1 Å². The molecule has 0 aliphatic rings. The number of carbonyl (C=O) groups excluding carboxylic acids is 2. The Kier molecular flexibility index (Phi) is 5.89. The number of amides is 2. The molecule has 1 unspecified atom stereocenters. The smallest absolute Gasteiger partial charge is 0.387 e. The maximum atomic E-state index is 12.2. The molecule has 24 heavy (non-hydrogen) atoms. The van der Waals surface area contributed by atoms with Gasteiger partial charge in [0.1, 0.15) is 5.75 Å². The molecule has 2 rings (SSSR count). The quantitative estimate of drug-likeness (QED) is 0.813. The molecule has 2 aromatic rings. The molecule has 1 atom stereocenters. The average Bonchev–Trinajstić information content (AvgIpc) is 3.06. The SMILES string of the molecule is CC(NC(=O)CNC(=O)c1ccco1)c1cccc(OC(F)F)c1. The molecule has 0 aliphatic carbocycles. The lowest BCUT2D eigenvalue weighted by Gasteiger charge is -2.15. The van der Waals surface area contributed by atoms with Gasteiger partial charge in [0.25, 0.3) is 5.91 Å². The molecule has 6 nitrogen and oxygen atoms in total. The van der Waals surface area contributed by atoms with E-state index in [1.54, 1.807) is 25.1 Å². The topological polar surface area (TPSA) is 80.6 Å². The van der Waals surface area contributed by atoms with Gasteiger partial charge in [-0.15, -0.1) is 0 Å². The standard InChI is InChI=1S/C16H16F2N2O4/c1-10(11-4-2-5-12(8-11)24-16(17)18)20-14(21)9-19-15(22)13-6-3-7-23-13/h2-8,10,16H,9H2,1H3,(H,19,22)(H,20,21). The first-order valence-electron chi connectivity index (χ1n) is 7.11. The lowest BCUT2D eigenvalue weighted by Crippen LogP contribution is -2.37. The minimum absolute atomic E-state index is 0.00900. The van der Waals surface area contributed by atoms with Gasteiger partial charge in [-0.1, -0.05) is 12.1 Å². The van der Waals surface area contributed by atoms with Gasteiger partial charge in [-0.25, -0.2) is 0 Å². The molecule has 8 heteroatoms. The molecule has 0 fully saturated rings. The third-order valence-electron chi connectivity index (χ3n) is 3.12. The van der Waals surface area contributed by atoms with Crippen molar-refractivity contribution in [1.29, 1.82) is 0 Å². The molecule has 2 N–H and O–H groups in total. The predicted octanol–water partition coefficient (Wildman–Crippen LogP) is 2.49. The van der Waals surface area contributed by atoms with Crippen molar-refractivity contribution in [3.05, 3.63) is 54.0 Å². The number of benzene rings is 1. The van der Waals surface area contributed by atoms with E-state index in [2.05, 4.69) is 15.4 Å². The molecule has 0 aliphatic heterocycles. The Morgan fingerprint density at radius 3 is 2.71 bits per heavy atom. The molecule has 128 valence electrons. The number of nitrogens with one attached hydrogen (secondary N) is 2. The molecule has 1 aromatic carbocycles. The summed E-state index contributed by atoms with van der Waals surface area (Å²) in [5.74, 6) is -0.819. The highest BCUT2D eigenvalue weighted by molar-refractivity contribution is 5.94. The van der Waals surface area contributed by atoms with Crippen molar-refractivity contribution in [2.45, 2.75) is 19.6 Å². The van der Waals surface area contributed by atoms with Gasteiger partial charge in [-0.05, 0) is 36.8 Å². The molecular formula is C16H16F2N2O4. The second-order valence-corrected chi connectivity index (χ2v) is 4.90. The Morgan fingerprint density at radius 2 is 2.04 bits per heavy atom. The number of carbonyl (C=O) groups is 2. The van der Waals surface area contributed by atoms with Crippen molar-refractivity contribution in [1.82, 2.24) is 10.6 Å². The number of hydrogen-bond donors (Lipinski definition) is 2. The van der Waals surface area contributed by atoms with Crippen LogP contribution in [0.2, 0.25) is 0 Å². The van der Waals surface area contributed by atoms with Gasteiger partial charge in [0.15, 0.2) is 5.76 Å². The highest BCUT2D eigenvalue weighted by atomic mass is 19.3. The summed E-state index contributed by atoms with van der Waals surface area (Å²) in [5, 5.41) is 5.06. The Labute approximate surface area is 136 Å². The Hall–Kier alpha value is -2.90. The third kappa shape index (κ3) is 5.08. The number of halogens is 2. The van der Waals surface area contributed by atoms with E-state index in [0.29, 0.717) is 5.56 Å². The lowest BCUT2D eigenvalue weighted by atomic mass is 10.1. The van der Waals surface area contributed by atoms with Crippen LogP contribution in [0.15, 0.2) is 47.1 Å². The van der Waals surface area contributed by atoms with Crippen molar-refractivity contribution < 1.29 is 27.5 Å². The summed E-state index contributed by atoms with van der Waals surface area (Å²) in [6.07, 6.45) is 1.35. The summed E-state index contributed by atoms with van der Waals surface area (Å²) in [5.41, 5.74) is 0.596. The van der Waals surface area contributed by atoms with Crippen LogP contribution < -0.4 is 15.4 Å². The van der Waals surface area contributed by atoms with Gasteiger partial charge < -0.3 is 19.8 Å². The van der Waals surface area contributed by atoms with E-state index < -0.39 is 24.5 Å². The average molecular weight is 338 g/mol. The van der Waals surface area contributed by atoms with Crippen molar-refractivity contribution in [2.24, 2.45) is 0 Å². The molecule has 1 aromatic heterocycles. The van der Waals surface area contributed by atoms with E-state index in [9.17, 15) is 18.4 Å². The highest BCUT2D eigenvalue weighted by Gasteiger charge is 2.14. The summed E-state index contributed by atoms with van der Waals surface area (Å²) in [4.78, 5) is 23.5. The van der Waals surface area contributed by atoms with Crippen molar-refractivity contribution in [3.8, 4) is 5.75 Å². The largest absolute Gasteiger partial charge is 0.459 e. The fraction of sp³-hybridized carbons (Fsp3) is 0.250. The van der Waals surface area contributed by atoms with Gasteiger partial charge >= 0.3 is 6.61 Å². The molecule has 0 radical (unpaired) electrons. The Balaban J connectivity index is 1.86. The molecule has 0 saturated carbocycles. The number of furan rings is 1. The lowest BCUT2D eigenvalue weighted by molar-refractivity contribution is -0.120. The normalized spacial score (nSPS) is 11.8. The Bertz CT molecular complexity index is 689. The van der Waals surface area contributed by atoms with Crippen molar-refractivity contribution in [2.75, 3.05) is 6.54 Å². The zero-order chi connectivity index (χ0) is 17.5. The second-order valence-electron chi connectivity index (χ2n) is 4.90. The number of ether oxygens (including phenoxy) is 1.